The summed E-state index contributed by atoms with van der Waals surface area (Å²) in [6, 6.07) is 8.98. The van der Waals surface area contributed by atoms with E-state index >= 15 is 0 Å². The summed E-state index contributed by atoms with van der Waals surface area (Å²) in [7, 11) is 0. The molecule has 96 valence electrons. The van der Waals surface area contributed by atoms with Gasteiger partial charge < -0.3 is 5.73 Å². The van der Waals surface area contributed by atoms with Crippen LogP contribution in [0.4, 0.5) is 0 Å². The van der Waals surface area contributed by atoms with Crippen LogP contribution in [-0.4, -0.2) is 11.8 Å². The average Bonchev–Trinajstić information content (AvgIpc) is 2.25. The maximum Gasteiger partial charge on any atom is 0.0445 e. The monoisotopic (exact) mass is 251 g/mol. The molecule has 1 aromatic carbocycles. The predicted molar refractivity (Wildman–Crippen MR) is 79.5 cm³/mol. The molecule has 2 N–H and O–H groups in total. The Morgan fingerprint density at radius 1 is 1.12 bits per heavy atom. The predicted octanol–water partition coefficient (Wildman–Crippen LogP) is 4.16. The van der Waals surface area contributed by atoms with Gasteiger partial charge >= 0.3 is 0 Å². The molecular formula is C15H25NS. The highest BCUT2D eigenvalue weighted by molar-refractivity contribution is 7.99. The van der Waals surface area contributed by atoms with Crippen molar-refractivity contribution in [3.63, 3.8) is 0 Å². The summed E-state index contributed by atoms with van der Waals surface area (Å²) in [5, 5.41) is 0.425. The Bertz CT molecular complexity index is 316. The zero-order valence-electron chi connectivity index (χ0n) is 11.4. The first-order chi connectivity index (χ1) is 8.00. The highest BCUT2D eigenvalue weighted by Gasteiger charge is 2.16. The van der Waals surface area contributed by atoms with E-state index in [-0.39, 0.29) is 6.04 Å². The minimum absolute atomic E-state index is 0.204. The number of rotatable bonds is 6. The van der Waals surface area contributed by atoms with Crippen molar-refractivity contribution >= 4 is 11.8 Å². The number of benzene rings is 1. The van der Waals surface area contributed by atoms with Gasteiger partial charge in [0, 0.05) is 11.3 Å². The first-order valence-corrected chi connectivity index (χ1v) is 7.49. The van der Waals surface area contributed by atoms with Crippen molar-refractivity contribution in [3.05, 3.63) is 35.4 Å². The Labute approximate surface area is 110 Å². The smallest absolute Gasteiger partial charge is 0.0445 e. The SMILES string of the molecule is Cc1ccc(C(SCCC(C)C)C(C)N)cc1. The number of aryl methyl sites for hydroxylation is 1. The maximum absolute atomic E-state index is 6.10. The van der Waals surface area contributed by atoms with Crippen LogP contribution in [0.3, 0.4) is 0 Å². The summed E-state index contributed by atoms with van der Waals surface area (Å²) in [6.07, 6.45) is 1.26. The molecule has 0 aliphatic heterocycles. The Morgan fingerprint density at radius 2 is 1.71 bits per heavy atom. The minimum atomic E-state index is 0.204. The summed E-state index contributed by atoms with van der Waals surface area (Å²) in [5.41, 5.74) is 8.77. The Morgan fingerprint density at radius 3 is 2.18 bits per heavy atom. The van der Waals surface area contributed by atoms with Gasteiger partial charge in [-0.15, -0.1) is 0 Å². The van der Waals surface area contributed by atoms with E-state index in [9.17, 15) is 0 Å². The van der Waals surface area contributed by atoms with E-state index in [0.29, 0.717) is 5.25 Å². The lowest BCUT2D eigenvalue weighted by Gasteiger charge is -2.21. The Balaban J connectivity index is 2.62. The lowest BCUT2D eigenvalue weighted by atomic mass is 10.1. The molecule has 0 bridgehead atoms. The summed E-state index contributed by atoms with van der Waals surface area (Å²) >= 11 is 1.99. The highest BCUT2D eigenvalue weighted by atomic mass is 32.2. The third-order valence-corrected chi connectivity index (χ3v) is 4.41. The topological polar surface area (TPSA) is 26.0 Å². The van der Waals surface area contributed by atoms with Crippen LogP contribution in [0.25, 0.3) is 0 Å². The third-order valence-electron chi connectivity index (χ3n) is 2.88. The van der Waals surface area contributed by atoms with E-state index in [1.807, 2.05) is 11.8 Å². The molecule has 0 aliphatic rings. The molecule has 1 rings (SSSR count). The molecule has 0 heterocycles. The summed E-state index contributed by atoms with van der Waals surface area (Å²) < 4.78 is 0. The van der Waals surface area contributed by atoms with Gasteiger partial charge in [-0.2, -0.15) is 11.8 Å². The molecule has 1 nitrogen and oxygen atoms in total. The van der Waals surface area contributed by atoms with Gasteiger partial charge in [0.1, 0.15) is 0 Å². The zero-order chi connectivity index (χ0) is 12.8. The second-order valence-electron chi connectivity index (χ2n) is 5.24. The van der Waals surface area contributed by atoms with Gasteiger partial charge in [0.25, 0.3) is 0 Å². The van der Waals surface area contributed by atoms with Crippen LogP contribution >= 0.6 is 11.8 Å². The molecule has 0 spiro atoms. The van der Waals surface area contributed by atoms with Crippen LogP contribution in [0.5, 0.6) is 0 Å². The summed E-state index contributed by atoms with van der Waals surface area (Å²) in [5.74, 6) is 1.96. The molecule has 0 saturated heterocycles. The highest BCUT2D eigenvalue weighted by Crippen LogP contribution is 2.32. The molecule has 0 fully saturated rings. The fourth-order valence-corrected chi connectivity index (χ4v) is 3.25. The number of nitrogens with two attached hydrogens (primary N) is 1. The normalized spacial score (nSPS) is 14.9. The number of hydrogen-bond donors (Lipinski definition) is 1. The van der Waals surface area contributed by atoms with Gasteiger partial charge in [0.05, 0.1) is 0 Å². The summed E-state index contributed by atoms with van der Waals surface area (Å²) in [6.45, 7) is 8.77. The van der Waals surface area contributed by atoms with E-state index in [4.69, 9.17) is 5.73 Å². The molecule has 0 amide bonds. The molecule has 1 aromatic rings. The minimum Gasteiger partial charge on any atom is -0.327 e. The zero-order valence-corrected chi connectivity index (χ0v) is 12.3. The molecule has 2 heteroatoms. The second kappa shape index (κ2) is 7.07. The van der Waals surface area contributed by atoms with Gasteiger partial charge in [0.15, 0.2) is 0 Å². The van der Waals surface area contributed by atoms with Gasteiger partial charge in [0.2, 0.25) is 0 Å². The van der Waals surface area contributed by atoms with Crippen LogP contribution in [0.1, 0.15) is 43.6 Å². The largest absolute Gasteiger partial charge is 0.327 e. The summed E-state index contributed by atoms with van der Waals surface area (Å²) in [4.78, 5) is 0. The van der Waals surface area contributed by atoms with Crippen molar-refractivity contribution in [2.24, 2.45) is 11.7 Å². The molecule has 0 radical (unpaired) electrons. The van der Waals surface area contributed by atoms with E-state index in [0.717, 1.165) is 5.92 Å². The molecule has 2 atom stereocenters. The van der Waals surface area contributed by atoms with Crippen LogP contribution in [0.15, 0.2) is 24.3 Å². The third kappa shape index (κ3) is 5.13. The molecule has 0 saturated carbocycles. The molecular weight excluding hydrogens is 226 g/mol. The van der Waals surface area contributed by atoms with E-state index in [1.165, 1.54) is 23.3 Å². The van der Waals surface area contributed by atoms with Gasteiger partial charge in [-0.25, -0.2) is 0 Å². The molecule has 2 unspecified atom stereocenters. The van der Waals surface area contributed by atoms with Crippen molar-refractivity contribution < 1.29 is 0 Å². The molecule has 0 aliphatic carbocycles. The van der Waals surface area contributed by atoms with Crippen molar-refractivity contribution in [3.8, 4) is 0 Å². The fourth-order valence-electron chi connectivity index (χ4n) is 1.74. The lowest BCUT2D eigenvalue weighted by molar-refractivity contribution is 0.629. The Hall–Kier alpha value is -0.470. The molecule has 0 aromatic heterocycles. The molecule has 17 heavy (non-hydrogen) atoms. The van der Waals surface area contributed by atoms with Crippen LogP contribution in [0, 0.1) is 12.8 Å². The number of thioether (sulfide) groups is 1. The van der Waals surface area contributed by atoms with Gasteiger partial charge in [-0.05, 0) is 37.5 Å². The van der Waals surface area contributed by atoms with Crippen molar-refractivity contribution in [1.82, 2.24) is 0 Å². The van der Waals surface area contributed by atoms with Crippen molar-refractivity contribution in [2.45, 2.75) is 45.4 Å². The van der Waals surface area contributed by atoms with Crippen LogP contribution in [-0.2, 0) is 0 Å². The van der Waals surface area contributed by atoms with Gasteiger partial charge in [-0.3, -0.25) is 0 Å². The van der Waals surface area contributed by atoms with Crippen LogP contribution in [0.2, 0.25) is 0 Å². The van der Waals surface area contributed by atoms with Gasteiger partial charge in [-0.1, -0.05) is 43.7 Å². The van der Waals surface area contributed by atoms with E-state index in [1.54, 1.807) is 0 Å². The van der Waals surface area contributed by atoms with E-state index < -0.39 is 0 Å². The quantitative estimate of drug-likeness (QED) is 0.821. The van der Waals surface area contributed by atoms with Crippen molar-refractivity contribution in [2.75, 3.05) is 5.75 Å². The lowest BCUT2D eigenvalue weighted by Crippen LogP contribution is -2.23. The first-order valence-electron chi connectivity index (χ1n) is 6.44. The van der Waals surface area contributed by atoms with Crippen LogP contribution < -0.4 is 5.73 Å². The number of hydrogen-bond acceptors (Lipinski definition) is 2. The second-order valence-corrected chi connectivity index (χ2v) is 6.49. The Kier molecular flexibility index (Phi) is 6.07. The average molecular weight is 251 g/mol. The maximum atomic E-state index is 6.10. The first kappa shape index (κ1) is 14.6. The van der Waals surface area contributed by atoms with Crippen molar-refractivity contribution in [1.29, 1.82) is 0 Å². The van der Waals surface area contributed by atoms with E-state index in [2.05, 4.69) is 52.0 Å². The standard InChI is InChI=1S/C15H25NS/c1-11(2)9-10-17-15(13(4)16)14-7-5-12(3)6-8-14/h5-8,11,13,15H,9-10,16H2,1-4H3. The fraction of sp³-hybridized carbons (Fsp3) is 0.600.